The summed E-state index contributed by atoms with van der Waals surface area (Å²) in [6, 6.07) is 12.8. The molecule has 3 aliphatic heterocycles. The normalized spacial score (nSPS) is 29.3. The molecule has 3 aliphatic rings. The third-order valence-electron chi connectivity index (χ3n) is 7.01. The summed E-state index contributed by atoms with van der Waals surface area (Å²) >= 11 is 0. The zero-order valence-corrected chi connectivity index (χ0v) is 18.3. The van der Waals surface area contributed by atoms with Crippen LogP contribution in [0.2, 0.25) is 0 Å². The molecule has 0 aromatic heterocycles. The minimum atomic E-state index is -3.63. The maximum Gasteiger partial charge on any atom is 0.318 e. The van der Waals surface area contributed by atoms with Crippen molar-refractivity contribution in [3.05, 3.63) is 42.5 Å². The number of urea groups is 1. The first kappa shape index (κ1) is 20.7. The largest absolute Gasteiger partial charge is 0.393 e. The average molecular weight is 444 g/mol. The van der Waals surface area contributed by atoms with E-state index in [0.717, 1.165) is 30.0 Å². The van der Waals surface area contributed by atoms with Crippen molar-refractivity contribution in [2.75, 3.05) is 13.1 Å². The van der Waals surface area contributed by atoms with Gasteiger partial charge in [0.25, 0.3) is 0 Å². The molecule has 2 bridgehead atoms. The molecule has 166 valence electrons. The quantitative estimate of drug-likeness (QED) is 0.763. The van der Waals surface area contributed by atoms with Crippen LogP contribution in [0.15, 0.2) is 47.4 Å². The van der Waals surface area contributed by atoms with Crippen molar-refractivity contribution in [3.63, 3.8) is 0 Å². The number of aliphatic hydroxyl groups is 1. The van der Waals surface area contributed by atoms with Crippen LogP contribution in [0.5, 0.6) is 0 Å². The van der Waals surface area contributed by atoms with Gasteiger partial charge < -0.3 is 15.3 Å². The molecule has 4 atom stereocenters. The Morgan fingerprint density at radius 1 is 1.00 bits per heavy atom. The van der Waals surface area contributed by atoms with E-state index in [-0.39, 0.29) is 36.8 Å². The fraction of sp³-hybridized carbons (Fsp3) is 0.522. The van der Waals surface area contributed by atoms with Gasteiger partial charge in [0.1, 0.15) is 0 Å². The van der Waals surface area contributed by atoms with E-state index >= 15 is 0 Å². The van der Waals surface area contributed by atoms with Crippen LogP contribution in [0.25, 0.3) is 10.8 Å². The van der Waals surface area contributed by atoms with Crippen molar-refractivity contribution >= 4 is 26.8 Å². The molecule has 0 radical (unpaired) electrons. The van der Waals surface area contributed by atoms with Crippen molar-refractivity contribution in [1.29, 1.82) is 0 Å². The van der Waals surface area contributed by atoms with Gasteiger partial charge in [-0.1, -0.05) is 30.3 Å². The summed E-state index contributed by atoms with van der Waals surface area (Å²) in [5.74, 6) is 0. The molecule has 2 aromatic carbocycles. The van der Waals surface area contributed by atoms with Crippen molar-refractivity contribution in [1.82, 2.24) is 14.5 Å². The van der Waals surface area contributed by atoms with E-state index in [1.54, 1.807) is 12.1 Å². The van der Waals surface area contributed by atoms with Gasteiger partial charge in [-0.15, -0.1) is 0 Å². The van der Waals surface area contributed by atoms with E-state index in [0.29, 0.717) is 30.7 Å². The summed E-state index contributed by atoms with van der Waals surface area (Å²) in [7, 11) is -3.63. The fourth-order valence-corrected chi connectivity index (χ4v) is 7.04. The number of rotatable bonds is 3. The van der Waals surface area contributed by atoms with E-state index in [9.17, 15) is 18.3 Å². The number of nitrogens with zero attached hydrogens (tertiary/aromatic N) is 2. The molecule has 0 unspecified atom stereocenters. The second-order valence-corrected chi connectivity index (χ2v) is 11.0. The van der Waals surface area contributed by atoms with Crippen LogP contribution in [0, 0.1) is 0 Å². The second-order valence-electron chi connectivity index (χ2n) is 9.08. The molecule has 0 spiro atoms. The first-order chi connectivity index (χ1) is 14.9. The SMILES string of the molecule is O=C(N[C@H]1CCCN(S(=O)(=O)c2ccc3ccccc3c2)C1)N1[C@@H]2CC[C@H]1C[C@@H](O)C2. The zero-order valence-electron chi connectivity index (χ0n) is 17.5. The van der Waals surface area contributed by atoms with Gasteiger partial charge in [0.15, 0.2) is 0 Å². The lowest BCUT2D eigenvalue weighted by molar-refractivity contribution is 0.0528. The van der Waals surface area contributed by atoms with Gasteiger partial charge in [-0.05, 0) is 61.4 Å². The standard InChI is InChI=1S/C23H29N3O4S/c27-21-13-19-8-9-20(14-21)26(19)23(28)24-18-6-3-11-25(15-18)31(29,30)22-10-7-16-4-1-2-5-17(16)12-22/h1-2,4-5,7,10,12,18-21,27H,3,6,8-9,11,13-15H2,(H,24,28)/t18-,19-,20+,21+/m0/s1. The number of hydrogen-bond acceptors (Lipinski definition) is 4. The molecule has 2 N–H and O–H groups in total. The lowest BCUT2D eigenvalue weighted by atomic mass is 10.0. The molecule has 3 fully saturated rings. The summed E-state index contributed by atoms with van der Waals surface area (Å²) < 4.78 is 28.1. The number of carbonyl (C=O) groups excluding carboxylic acids is 1. The molecule has 0 saturated carbocycles. The first-order valence-electron chi connectivity index (χ1n) is 11.2. The Morgan fingerprint density at radius 2 is 1.71 bits per heavy atom. The number of fused-ring (bicyclic) bond motifs is 3. The zero-order chi connectivity index (χ0) is 21.6. The first-order valence-corrected chi connectivity index (χ1v) is 12.6. The van der Waals surface area contributed by atoms with E-state index in [4.69, 9.17) is 0 Å². The van der Waals surface area contributed by atoms with Crippen molar-refractivity contribution in [2.45, 2.75) is 67.6 Å². The van der Waals surface area contributed by atoms with Gasteiger partial charge in [0, 0.05) is 31.2 Å². The summed E-state index contributed by atoms with van der Waals surface area (Å²) in [6.07, 6.45) is 4.29. The molecule has 2 aromatic rings. The Balaban J connectivity index is 1.29. The van der Waals surface area contributed by atoms with Crippen LogP contribution >= 0.6 is 0 Å². The summed E-state index contributed by atoms with van der Waals surface area (Å²) in [5, 5.41) is 15.0. The molecule has 3 saturated heterocycles. The number of nitrogens with one attached hydrogen (secondary N) is 1. The molecular weight excluding hydrogens is 414 g/mol. The Morgan fingerprint density at radius 3 is 2.45 bits per heavy atom. The van der Waals surface area contributed by atoms with Gasteiger partial charge in [-0.3, -0.25) is 0 Å². The molecule has 8 heteroatoms. The number of piperidine rings is 2. The minimum Gasteiger partial charge on any atom is -0.393 e. The highest BCUT2D eigenvalue weighted by Gasteiger charge is 2.43. The number of carbonyl (C=O) groups is 1. The monoisotopic (exact) mass is 443 g/mol. The molecule has 31 heavy (non-hydrogen) atoms. The minimum absolute atomic E-state index is 0.0924. The van der Waals surface area contributed by atoms with Crippen LogP contribution in [-0.4, -0.2) is 66.1 Å². The Labute approximate surface area is 183 Å². The molecule has 2 amide bonds. The number of amides is 2. The molecule has 0 aliphatic carbocycles. The van der Waals surface area contributed by atoms with E-state index in [1.165, 1.54) is 4.31 Å². The summed E-state index contributed by atoms with van der Waals surface area (Å²) in [4.78, 5) is 15.2. The molecular formula is C23H29N3O4S. The highest BCUT2D eigenvalue weighted by molar-refractivity contribution is 7.89. The average Bonchev–Trinajstić information content (AvgIpc) is 3.05. The van der Waals surface area contributed by atoms with Crippen molar-refractivity contribution in [2.24, 2.45) is 0 Å². The highest BCUT2D eigenvalue weighted by Crippen LogP contribution is 2.36. The van der Waals surface area contributed by atoms with Gasteiger partial charge >= 0.3 is 6.03 Å². The number of sulfonamides is 1. The Bertz CT molecular complexity index is 1080. The highest BCUT2D eigenvalue weighted by atomic mass is 32.2. The predicted molar refractivity (Wildman–Crippen MR) is 118 cm³/mol. The van der Waals surface area contributed by atoms with Gasteiger partial charge in [-0.2, -0.15) is 4.31 Å². The van der Waals surface area contributed by atoms with Crippen LogP contribution < -0.4 is 5.32 Å². The Hall–Kier alpha value is -2.16. The van der Waals surface area contributed by atoms with E-state index in [1.807, 2.05) is 35.2 Å². The molecule has 7 nitrogen and oxygen atoms in total. The van der Waals surface area contributed by atoms with Gasteiger partial charge in [0.05, 0.1) is 11.0 Å². The third kappa shape index (κ3) is 3.92. The number of aliphatic hydroxyl groups excluding tert-OH is 1. The van der Waals surface area contributed by atoms with Crippen molar-refractivity contribution in [3.8, 4) is 0 Å². The number of benzene rings is 2. The topological polar surface area (TPSA) is 90.0 Å². The van der Waals surface area contributed by atoms with Crippen molar-refractivity contribution < 1.29 is 18.3 Å². The number of hydrogen-bond donors (Lipinski definition) is 2. The predicted octanol–water partition coefficient (Wildman–Crippen LogP) is 2.69. The molecule has 5 rings (SSSR count). The third-order valence-corrected chi connectivity index (χ3v) is 8.87. The fourth-order valence-electron chi connectivity index (χ4n) is 5.48. The van der Waals surface area contributed by atoms with E-state index in [2.05, 4.69) is 5.32 Å². The second kappa shape index (κ2) is 8.07. The maximum absolute atomic E-state index is 13.3. The Kier molecular flexibility index (Phi) is 5.40. The smallest absolute Gasteiger partial charge is 0.318 e. The van der Waals surface area contributed by atoms with E-state index < -0.39 is 10.0 Å². The van der Waals surface area contributed by atoms with Gasteiger partial charge in [-0.25, -0.2) is 13.2 Å². The van der Waals surface area contributed by atoms with Crippen LogP contribution in [0.1, 0.15) is 38.5 Å². The summed E-state index contributed by atoms with van der Waals surface area (Å²) in [6.45, 7) is 0.745. The van der Waals surface area contributed by atoms with Crippen LogP contribution in [0.3, 0.4) is 0 Å². The maximum atomic E-state index is 13.3. The van der Waals surface area contributed by atoms with Crippen LogP contribution in [-0.2, 0) is 10.0 Å². The van der Waals surface area contributed by atoms with Gasteiger partial charge in [0.2, 0.25) is 10.0 Å². The van der Waals surface area contributed by atoms with Crippen LogP contribution in [0.4, 0.5) is 4.79 Å². The lowest BCUT2D eigenvalue weighted by Gasteiger charge is -2.39. The lowest BCUT2D eigenvalue weighted by Crippen LogP contribution is -2.56. The summed E-state index contributed by atoms with van der Waals surface area (Å²) in [5.41, 5.74) is 0. The molecule has 3 heterocycles.